The van der Waals surface area contributed by atoms with Crippen LogP contribution in [0.3, 0.4) is 0 Å². The van der Waals surface area contributed by atoms with Gasteiger partial charge in [0.15, 0.2) is 11.5 Å². The number of phenolic OH excluding ortho intramolecular Hbond substituents is 2. The van der Waals surface area contributed by atoms with Crippen molar-refractivity contribution in [3.05, 3.63) is 23.8 Å². The average Bonchev–Trinajstić information content (AvgIpc) is 2.32. The Balaban J connectivity index is 2.13. The molecule has 2 nitrogen and oxygen atoms in total. The molecule has 0 heterocycles. The molecule has 0 spiro atoms. The summed E-state index contributed by atoms with van der Waals surface area (Å²) >= 11 is 0. The minimum Gasteiger partial charge on any atom is -0.504 e. The summed E-state index contributed by atoms with van der Waals surface area (Å²) in [6.45, 7) is 4.54. The van der Waals surface area contributed by atoms with E-state index in [0.717, 1.165) is 24.3 Å². The van der Waals surface area contributed by atoms with E-state index in [4.69, 9.17) is 0 Å². The van der Waals surface area contributed by atoms with Gasteiger partial charge in [-0.15, -0.1) is 0 Å². The molecule has 0 radical (unpaired) electrons. The first-order chi connectivity index (χ1) is 8.61. The quantitative estimate of drug-likeness (QED) is 0.521. The Labute approximate surface area is 111 Å². The van der Waals surface area contributed by atoms with Crippen molar-refractivity contribution in [1.82, 2.24) is 0 Å². The lowest BCUT2D eigenvalue weighted by atomic mass is 10.0. The molecule has 2 N–H and O–H groups in total. The topological polar surface area (TPSA) is 40.5 Å². The minimum absolute atomic E-state index is 0.00978. The van der Waals surface area contributed by atoms with E-state index in [1.165, 1.54) is 38.2 Å². The van der Waals surface area contributed by atoms with Crippen molar-refractivity contribution >= 4 is 0 Å². The van der Waals surface area contributed by atoms with Gasteiger partial charge in [-0.1, -0.05) is 58.1 Å². The van der Waals surface area contributed by atoms with Crippen molar-refractivity contribution in [1.29, 1.82) is 0 Å². The Morgan fingerprint density at radius 3 is 2.33 bits per heavy atom. The van der Waals surface area contributed by atoms with E-state index >= 15 is 0 Å². The third-order valence-corrected chi connectivity index (χ3v) is 3.33. The molecule has 0 saturated carbocycles. The van der Waals surface area contributed by atoms with Gasteiger partial charge in [-0.05, 0) is 30.4 Å². The maximum atomic E-state index is 9.65. The maximum Gasteiger partial charge on any atom is 0.160 e. The molecular weight excluding hydrogens is 224 g/mol. The van der Waals surface area contributed by atoms with Crippen LogP contribution in [0.4, 0.5) is 0 Å². The molecule has 0 saturated heterocycles. The molecule has 18 heavy (non-hydrogen) atoms. The van der Waals surface area contributed by atoms with Crippen LogP contribution >= 0.6 is 0 Å². The first kappa shape index (κ1) is 14.9. The monoisotopic (exact) mass is 250 g/mol. The van der Waals surface area contributed by atoms with Crippen LogP contribution in [0.1, 0.15) is 57.9 Å². The molecule has 0 unspecified atom stereocenters. The van der Waals surface area contributed by atoms with E-state index < -0.39 is 0 Å². The molecule has 1 aromatic carbocycles. The molecule has 2 heteroatoms. The van der Waals surface area contributed by atoms with E-state index in [0.29, 0.717) is 0 Å². The third-order valence-electron chi connectivity index (χ3n) is 3.33. The van der Waals surface area contributed by atoms with Crippen LogP contribution in [0, 0.1) is 5.92 Å². The summed E-state index contributed by atoms with van der Waals surface area (Å²) in [5.74, 6) is 0.857. The van der Waals surface area contributed by atoms with Gasteiger partial charge in [-0.2, -0.15) is 0 Å². The summed E-state index contributed by atoms with van der Waals surface area (Å²) in [5, 5.41) is 19.0. The highest BCUT2D eigenvalue weighted by molar-refractivity contribution is 5.44. The molecule has 0 bridgehead atoms. The van der Waals surface area contributed by atoms with Crippen molar-refractivity contribution in [2.24, 2.45) is 5.92 Å². The number of hydrogen-bond acceptors (Lipinski definition) is 2. The first-order valence-corrected chi connectivity index (χ1v) is 7.11. The Morgan fingerprint density at radius 2 is 1.61 bits per heavy atom. The summed E-state index contributed by atoms with van der Waals surface area (Å²) in [5.41, 5.74) is 0.859. The van der Waals surface area contributed by atoms with E-state index in [2.05, 4.69) is 13.8 Å². The summed E-state index contributed by atoms with van der Waals surface area (Å²) in [6.07, 6.45) is 8.37. The second-order valence-corrected chi connectivity index (χ2v) is 5.49. The standard InChI is InChI=1S/C16H26O2/c1-13(2)9-6-4-3-5-7-10-14-11-8-12-15(17)16(14)18/h8,11-13,17-18H,3-7,9-10H2,1-2H3. The molecule has 0 aromatic heterocycles. The van der Waals surface area contributed by atoms with Crippen molar-refractivity contribution < 1.29 is 10.2 Å². The highest BCUT2D eigenvalue weighted by Crippen LogP contribution is 2.29. The Kier molecular flexibility index (Phi) is 6.63. The van der Waals surface area contributed by atoms with Crippen LogP contribution < -0.4 is 0 Å². The Morgan fingerprint density at radius 1 is 0.944 bits per heavy atom. The molecule has 0 aliphatic heterocycles. The van der Waals surface area contributed by atoms with Gasteiger partial charge in [0.05, 0.1) is 0 Å². The van der Waals surface area contributed by atoms with Gasteiger partial charge in [0.1, 0.15) is 0 Å². The fourth-order valence-corrected chi connectivity index (χ4v) is 2.18. The molecule has 0 aliphatic rings. The van der Waals surface area contributed by atoms with Crippen molar-refractivity contribution in [3.8, 4) is 11.5 Å². The molecule has 0 aliphatic carbocycles. The van der Waals surface area contributed by atoms with E-state index in [9.17, 15) is 10.2 Å². The zero-order chi connectivity index (χ0) is 13.4. The number of aryl methyl sites for hydroxylation is 1. The number of benzene rings is 1. The van der Waals surface area contributed by atoms with Gasteiger partial charge in [0.2, 0.25) is 0 Å². The highest BCUT2D eigenvalue weighted by atomic mass is 16.3. The van der Waals surface area contributed by atoms with Crippen molar-refractivity contribution in [2.75, 3.05) is 0 Å². The first-order valence-electron chi connectivity index (χ1n) is 7.11. The van der Waals surface area contributed by atoms with Crippen LogP contribution in [0.2, 0.25) is 0 Å². The zero-order valence-corrected chi connectivity index (χ0v) is 11.7. The fourth-order valence-electron chi connectivity index (χ4n) is 2.18. The van der Waals surface area contributed by atoms with Gasteiger partial charge in [-0.3, -0.25) is 0 Å². The molecule has 0 amide bonds. The number of phenols is 2. The summed E-state index contributed by atoms with van der Waals surface area (Å²) in [7, 11) is 0. The molecule has 1 aromatic rings. The predicted molar refractivity (Wildman–Crippen MR) is 76.0 cm³/mol. The predicted octanol–water partition coefficient (Wildman–Crippen LogP) is 4.64. The lowest BCUT2D eigenvalue weighted by Gasteiger charge is -2.06. The number of para-hydroxylation sites is 1. The van der Waals surface area contributed by atoms with Crippen LogP contribution in [-0.2, 0) is 6.42 Å². The Hall–Kier alpha value is -1.18. The van der Waals surface area contributed by atoms with E-state index in [-0.39, 0.29) is 11.5 Å². The van der Waals surface area contributed by atoms with Gasteiger partial charge >= 0.3 is 0 Å². The second-order valence-electron chi connectivity index (χ2n) is 5.49. The summed E-state index contributed by atoms with van der Waals surface area (Å²) in [4.78, 5) is 0. The lowest BCUT2D eigenvalue weighted by Crippen LogP contribution is -1.89. The van der Waals surface area contributed by atoms with Gasteiger partial charge in [0, 0.05) is 0 Å². The van der Waals surface area contributed by atoms with Crippen LogP contribution in [0.15, 0.2) is 18.2 Å². The molecule has 0 atom stereocenters. The second kappa shape index (κ2) is 8.02. The number of hydrogen-bond donors (Lipinski definition) is 2. The number of rotatable bonds is 8. The SMILES string of the molecule is CC(C)CCCCCCCc1cccc(O)c1O. The summed E-state index contributed by atoms with van der Waals surface area (Å²) in [6, 6.07) is 5.19. The van der Waals surface area contributed by atoms with Crippen LogP contribution in [0.5, 0.6) is 11.5 Å². The summed E-state index contributed by atoms with van der Waals surface area (Å²) < 4.78 is 0. The fraction of sp³-hybridized carbons (Fsp3) is 0.625. The highest BCUT2D eigenvalue weighted by Gasteiger charge is 2.04. The molecule has 1 rings (SSSR count). The smallest absolute Gasteiger partial charge is 0.160 e. The van der Waals surface area contributed by atoms with Crippen LogP contribution in [0.25, 0.3) is 0 Å². The normalized spacial score (nSPS) is 11.1. The van der Waals surface area contributed by atoms with E-state index in [1.54, 1.807) is 6.07 Å². The largest absolute Gasteiger partial charge is 0.504 e. The van der Waals surface area contributed by atoms with Gasteiger partial charge in [-0.25, -0.2) is 0 Å². The van der Waals surface area contributed by atoms with Gasteiger partial charge < -0.3 is 10.2 Å². The minimum atomic E-state index is -0.00978. The van der Waals surface area contributed by atoms with Crippen molar-refractivity contribution in [2.45, 2.75) is 58.8 Å². The molecule has 0 fully saturated rings. The Bertz CT molecular complexity index is 345. The molecule has 102 valence electrons. The third kappa shape index (κ3) is 5.44. The number of aromatic hydroxyl groups is 2. The molecular formula is C16H26O2. The number of unbranched alkanes of at least 4 members (excludes halogenated alkanes) is 4. The van der Waals surface area contributed by atoms with E-state index in [1.807, 2.05) is 6.07 Å². The zero-order valence-electron chi connectivity index (χ0n) is 11.7. The lowest BCUT2D eigenvalue weighted by molar-refractivity contribution is 0.398. The van der Waals surface area contributed by atoms with Gasteiger partial charge in [0.25, 0.3) is 0 Å². The maximum absolute atomic E-state index is 9.65. The van der Waals surface area contributed by atoms with Crippen molar-refractivity contribution in [3.63, 3.8) is 0 Å². The van der Waals surface area contributed by atoms with Crippen LogP contribution in [-0.4, -0.2) is 10.2 Å². The average molecular weight is 250 g/mol.